The van der Waals surface area contributed by atoms with Crippen molar-refractivity contribution in [3.8, 4) is 0 Å². The molecule has 0 radical (unpaired) electrons. The Bertz CT molecular complexity index is 601. The molecule has 4 nitrogen and oxygen atoms in total. The fourth-order valence-corrected chi connectivity index (χ4v) is 3.20. The number of hydrogen-bond donors (Lipinski definition) is 1. The molecule has 0 aromatic heterocycles. The summed E-state index contributed by atoms with van der Waals surface area (Å²) in [7, 11) is 0. The van der Waals surface area contributed by atoms with Crippen LogP contribution in [0.1, 0.15) is 45.6 Å². The van der Waals surface area contributed by atoms with Gasteiger partial charge in [0.1, 0.15) is 5.82 Å². The van der Waals surface area contributed by atoms with E-state index in [1.807, 2.05) is 20.8 Å². The quantitative estimate of drug-likeness (QED) is 0.900. The number of carbonyl (C=O) groups excluding carboxylic acids is 2. The number of carbonyl (C=O) groups is 2. The van der Waals surface area contributed by atoms with E-state index in [2.05, 4.69) is 5.32 Å². The third-order valence-corrected chi connectivity index (χ3v) is 4.75. The molecule has 132 valence electrons. The molecular formula is C19H27FN2O2. The first-order valence-electron chi connectivity index (χ1n) is 8.65. The van der Waals surface area contributed by atoms with E-state index in [-0.39, 0.29) is 23.5 Å². The number of benzene rings is 1. The predicted octanol–water partition coefficient (Wildman–Crippen LogP) is 2.87. The standard InChI is InChI=1S/C19H27FN2O2/c1-4-17(23)22-11-7-8-14(12-22)18(24)21-13-19(2,3)15-9-5-6-10-16(15)20/h5-6,9-10,14H,4,7-8,11-13H2,1-3H3,(H,21,24)/t14-/m0/s1. The predicted molar refractivity (Wildman–Crippen MR) is 92.0 cm³/mol. The maximum atomic E-state index is 14.0. The summed E-state index contributed by atoms with van der Waals surface area (Å²) in [5.74, 6) is -0.382. The number of rotatable bonds is 5. The van der Waals surface area contributed by atoms with E-state index in [1.165, 1.54) is 6.07 Å². The third-order valence-electron chi connectivity index (χ3n) is 4.75. The van der Waals surface area contributed by atoms with Gasteiger partial charge in [-0.15, -0.1) is 0 Å². The topological polar surface area (TPSA) is 49.4 Å². The van der Waals surface area contributed by atoms with Crippen LogP contribution in [0, 0.1) is 11.7 Å². The van der Waals surface area contributed by atoms with Crippen LogP contribution in [0.3, 0.4) is 0 Å². The summed E-state index contributed by atoms with van der Waals surface area (Å²) in [6, 6.07) is 6.66. The summed E-state index contributed by atoms with van der Waals surface area (Å²) in [5, 5.41) is 2.95. The van der Waals surface area contributed by atoms with Gasteiger partial charge in [-0.1, -0.05) is 39.0 Å². The molecule has 1 fully saturated rings. The van der Waals surface area contributed by atoms with Gasteiger partial charge in [0, 0.05) is 31.5 Å². The Morgan fingerprint density at radius 3 is 2.71 bits per heavy atom. The Morgan fingerprint density at radius 1 is 1.33 bits per heavy atom. The van der Waals surface area contributed by atoms with Gasteiger partial charge in [-0.05, 0) is 24.5 Å². The second-order valence-corrected chi connectivity index (χ2v) is 7.11. The molecule has 1 aromatic rings. The molecule has 1 N–H and O–H groups in total. The highest BCUT2D eigenvalue weighted by Gasteiger charge is 2.30. The average Bonchev–Trinajstić information content (AvgIpc) is 2.59. The van der Waals surface area contributed by atoms with Crippen LogP contribution in [-0.4, -0.2) is 36.3 Å². The smallest absolute Gasteiger partial charge is 0.224 e. The molecule has 0 saturated carbocycles. The van der Waals surface area contributed by atoms with Crippen LogP contribution in [0.5, 0.6) is 0 Å². The van der Waals surface area contributed by atoms with E-state index in [4.69, 9.17) is 0 Å². The molecule has 2 rings (SSSR count). The summed E-state index contributed by atoms with van der Waals surface area (Å²) < 4.78 is 14.0. The van der Waals surface area contributed by atoms with Crippen LogP contribution in [-0.2, 0) is 15.0 Å². The van der Waals surface area contributed by atoms with Gasteiger partial charge in [-0.25, -0.2) is 4.39 Å². The molecule has 5 heteroatoms. The second kappa shape index (κ2) is 7.77. The summed E-state index contributed by atoms with van der Waals surface area (Å²) in [6.45, 7) is 7.25. The molecular weight excluding hydrogens is 307 g/mol. The first-order chi connectivity index (χ1) is 11.3. The lowest BCUT2D eigenvalue weighted by Gasteiger charge is -2.33. The van der Waals surface area contributed by atoms with E-state index in [1.54, 1.807) is 23.1 Å². The highest BCUT2D eigenvalue weighted by atomic mass is 19.1. The molecule has 0 aliphatic carbocycles. The zero-order valence-electron chi connectivity index (χ0n) is 14.8. The molecule has 1 atom stereocenters. The lowest BCUT2D eigenvalue weighted by atomic mass is 9.84. The summed E-state index contributed by atoms with van der Waals surface area (Å²) in [6.07, 6.45) is 2.11. The van der Waals surface area contributed by atoms with Crippen LogP contribution in [0.25, 0.3) is 0 Å². The van der Waals surface area contributed by atoms with Gasteiger partial charge in [0.25, 0.3) is 0 Å². The van der Waals surface area contributed by atoms with Gasteiger partial charge in [-0.2, -0.15) is 0 Å². The van der Waals surface area contributed by atoms with Crippen LogP contribution < -0.4 is 5.32 Å². The van der Waals surface area contributed by atoms with Gasteiger partial charge in [0.05, 0.1) is 5.92 Å². The fraction of sp³-hybridized carbons (Fsp3) is 0.579. The van der Waals surface area contributed by atoms with Crippen molar-refractivity contribution >= 4 is 11.8 Å². The van der Waals surface area contributed by atoms with Crippen molar-refractivity contribution in [2.45, 2.75) is 45.4 Å². The molecule has 2 amide bonds. The highest BCUT2D eigenvalue weighted by molar-refractivity contribution is 5.81. The van der Waals surface area contributed by atoms with Gasteiger partial charge in [0.15, 0.2) is 0 Å². The van der Waals surface area contributed by atoms with Crippen LogP contribution in [0.2, 0.25) is 0 Å². The maximum Gasteiger partial charge on any atom is 0.224 e. The van der Waals surface area contributed by atoms with Gasteiger partial charge < -0.3 is 10.2 Å². The Morgan fingerprint density at radius 2 is 2.04 bits per heavy atom. The summed E-state index contributed by atoms with van der Waals surface area (Å²) >= 11 is 0. The molecule has 24 heavy (non-hydrogen) atoms. The Labute approximate surface area is 143 Å². The van der Waals surface area contributed by atoms with Crippen molar-refractivity contribution in [3.63, 3.8) is 0 Å². The fourth-order valence-electron chi connectivity index (χ4n) is 3.20. The van der Waals surface area contributed by atoms with E-state index < -0.39 is 5.41 Å². The third kappa shape index (κ3) is 4.34. The largest absolute Gasteiger partial charge is 0.355 e. The number of halogens is 1. The molecule has 1 aliphatic heterocycles. The first kappa shape index (κ1) is 18.4. The van der Waals surface area contributed by atoms with Crippen molar-refractivity contribution in [2.75, 3.05) is 19.6 Å². The normalized spacial score (nSPS) is 18.3. The Hall–Kier alpha value is -1.91. The number of likely N-dealkylation sites (tertiary alicyclic amines) is 1. The van der Waals surface area contributed by atoms with Crippen LogP contribution >= 0.6 is 0 Å². The Kier molecular flexibility index (Phi) is 5.97. The molecule has 0 spiro atoms. The Balaban J connectivity index is 1.95. The zero-order chi connectivity index (χ0) is 17.7. The van der Waals surface area contributed by atoms with Crippen molar-refractivity contribution < 1.29 is 14.0 Å². The second-order valence-electron chi connectivity index (χ2n) is 7.11. The van der Waals surface area contributed by atoms with Crippen LogP contribution in [0.15, 0.2) is 24.3 Å². The van der Waals surface area contributed by atoms with Gasteiger partial charge in [0.2, 0.25) is 11.8 Å². The number of hydrogen-bond acceptors (Lipinski definition) is 2. The zero-order valence-corrected chi connectivity index (χ0v) is 14.8. The van der Waals surface area contributed by atoms with Crippen molar-refractivity contribution in [1.82, 2.24) is 10.2 Å². The minimum Gasteiger partial charge on any atom is -0.355 e. The van der Waals surface area contributed by atoms with E-state index in [0.29, 0.717) is 25.1 Å². The number of nitrogens with one attached hydrogen (secondary N) is 1. The minimum atomic E-state index is -0.491. The minimum absolute atomic E-state index is 0.0481. The molecule has 0 unspecified atom stereocenters. The number of amides is 2. The molecule has 0 bridgehead atoms. The molecule has 1 saturated heterocycles. The number of nitrogens with zero attached hydrogens (tertiary/aromatic N) is 1. The van der Waals surface area contributed by atoms with E-state index >= 15 is 0 Å². The number of piperidine rings is 1. The lowest BCUT2D eigenvalue weighted by Crippen LogP contribution is -2.47. The van der Waals surface area contributed by atoms with Gasteiger partial charge >= 0.3 is 0 Å². The van der Waals surface area contributed by atoms with Crippen molar-refractivity contribution in [3.05, 3.63) is 35.6 Å². The summed E-state index contributed by atoms with van der Waals surface area (Å²) in [4.78, 5) is 26.1. The van der Waals surface area contributed by atoms with Crippen molar-refractivity contribution in [2.24, 2.45) is 5.92 Å². The van der Waals surface area contributed by atoms with Crippen molar-refractivity contribution in [1.29, 1.82) is 0 Å². The van der Waals surface area contributed by atoms with E-state index in [9.17, 15) is 14.0 Å². The first-order valence-corrected chi connectivity index (χ1v) is 8.65. The average molecular weight is 334 g/mol. The van der Waals surface area contributed by atoms with Gasteiger partial charge in [-0.3, -0.25) is 9.59 Å². The highest BCUT2D eigenvalue weighted by Crippen LogP contribution is 2.25. The SMILES string of the molecule is CCC(=O)N1CCC[C@H](C(=O)NCC(C)(C)c2ccccc2F)C1. The molecule has 1 heterocycles. The lowest BCUT2D eigenvalue weighted by molar-refractivity contribution is -0.135. The maximum absolute atomic E-state index is 14.0. The molecule has 1 aliphatic rings. The molecule has 1 aromatic carbocycles. The van der Waals surface area contributed by atoms with Crippen LogP contribution in [0.4, 0.5) is 4.39 Å². The van der Waals surface area contributed by atoms with E-state index in [0.717, 1.165) is 19.4 Å². The summed E-state index contributed by atoms with van der Waals surface area (Å²) in [5.41, 5.74) is 0.103. The monoisotopic (exact) mass is 334 g/mol.